The van der Waals surface area contributed by atoms with Crippen LogP contribution >= 0.6 is 0 Å². The average molecular weight is 533 g/mol. The Morgan fingerprint density at radius 1 is 1.13 bits per heavy atom. The Morgan fingerprint density at radius 3 is 2.50 bits per heavy atom. The lowest BCUT2D eigenvalue weighted by Gasteiger charge is -2.43. The maximum Gasteiger partial charge on any atom is 0.347 e. The van der Waals surface area contributed by atoms with Crippen molar-refractivity contribution in [1.82, 2.24) is 0 Å². The molecule has 0 aromatic heterocycles. The third-order valence-electron chi connectivity index (χ3n) is 7.40. The summed E-state index contributed by atoms with van der Waals surface area (Å²) in [6, 6.07) is 7.07. The summed E-state index contributed by atoms with van der Waals surface area (Å²) in [5.41, 5.74) is 0.892. The molecule has 9 heteroatoms. The molecule has 0 radical (unpaired) electrons. The van der Waals surface area contributed by atoms with Crippen molar-refractivity contribution in [3.8, 4) is 11.5 Å². The fourth-order valence-electron chi connectivity index (χ4n) is 5.48. The molecular formula is C29H40O9. The topological polar surface area (TPSA) is 143 Å². The number of allylic oxidation sites excluding steroid dienone is 2. The maximum absolute atomic E-state index is 13.3. The standard InChI is InChI=1S/C29H40O9/c1-4-23(37-25-8-6-5-7-24(25)36-3)29(35)38-26-15-20(31)13-18-10-9-17(2)22(28(18)26)12-11-19(30)14-21(32)16-27(33)34/h5-10,13,17,19-23,26,28,30-32H,4,11-12,14-16H2,1-3H3,(H,33,34)/t17-,19+,20+,21+,22-,23?,26-,28-/m0/s1. The molecule has 1 unspecified atom stereocenters. The number of aliphatic hydroxyl groups excluding tert-OH is 3. The van der Waals surface area contributed by atoms with Crippen molar-refractivity contribution in [3.63, 3.8) is 0 Å². The van der Waals surface area contributed by atoms with Crippen molar-refractivity contribution in [2.24, 2.45) is 17.8 Å². The Morgan fingerprint density at radius 2 is 1.84 bits per heavy atom. The smallest absolute Gasteiger partial charge is 0.347 e. The number of esters is 1. The number of carbonyl (C=O) groups is 2. The average Bonchev–Trinajstić information content (AvgIpc) is 2.86. The van der Waals surface area contributed by atoms with Crippen molar-refractivity contribution in [2.75, 3.05) is 7.11 Å². The summed E-state index contributed by atoms with van der Waals surface area (Å²) in [6.45, 7) is 3.89. The van der Waals surface area contributed by atoms with Crippen LogP contribution in [0.1, 0.15) is 52.4 Å². The lowest BCUT2D eigenvalue weighted by Crippen LogP contribution is -2.44. The van der Waals surface area contributed by atoms with Crippen molar-refractivity contribution in [1.29, 1.82) is 0 Å². The molecule has 2 aliphatic carbocycles. The Labute approximate surface area is 223 Å². The molecule has 0 saturated carbocycles. The van der Waals surface area contributed by atoms with Crippen LogP contribution in [0.5, 0.6) is 11.5 Å². The van der Waals surface area contributed by atoms with Gasteiger partial charge in [-0.2, -0.15) is 0 Å². The molecule has 1 aromatic carbocycles. The third-order valence-corrected chi connectivity index (χ3v) is 7.40. The van der Waals surface area contributed by atoms with Crippen LogP contribution in [0.2, 0.25) is 0 Å². The van der Waals surface area contributed by atoms with Crippen LogP contribution in [0.4, 0.5) is 0 Å². The van der Waals surface area contributed by atoms with Crippen molar-refractivity contribution in [3.05, 3.63) is 48.1 Å². The number of fused-ring (bicyclic) bond motifs is 1. The number of hydrogen-bond donors (Lipinski definition) is 4. The predicted molar refractivity (Wildman–Crippen MR) is 140 cm³/mol. The van der Waals surface area contributed by atoms with E-state index in [0.29, 0.717) is 30.8 Å². The van der Waals surface area contributed by atoms with Gasteiger partial charge in [-0.15, -0.1) is 0 Å². The molecule has 3 rings (SSSR count). The van der Waals surface area contributed by atoms with Crippen LogP contribution in [0.25, 0.3) is 0 Å². The molecule has 4 N–H and O–H groups in total. The van der Waals surface area contributed by atoms with E-state index in [1.807, 2.05) is 19.1 Å². The Balaban J connectivity index is 1.72. The van der Waals surface area contributed by atoms with E-state index >= 15 is 0 Å². The van der Waals surface area contributed by atoms with Crippen LogP contribution < -0.4 is 9.47 Å². The van der Waals surface area contributed by atoms with E-state index in [1.165, 1.54) is 7.11 Å². The zero-order chi connectivity index (χ0) is 27.8. The fraction of sp³-hybridized carbons (Fsp3) is 0.586. The van der Waals surface area contributed by atoms with E-state index < -0.39 is 48.9 Å². The first kappa shape index (κ1) is 29.7. The van der Waals surface area contributed by atoms with E-state index in [1.54, 1.807) is 24.3 Å². The summed E-state index contributed by atoms with van der Waals surface area (Å²) in [6.07, 6.45) is 2.76. The first-order chi connectivity index (χ1) is 18.1. The van der Waals surface area contributed by atoms with Gasteiger partial charge in [-0.1, -0.05) is 44.2 Å². The van der Waals surface area contributed by atoms with E-state index in [0.717, 1.165) is 5.57 Å². The van der Waals surface area contributed by atoms with E-state index in [4.69, 9.17) is 19.3 Å². The molecule has 0 aliphatic heterocycles. The highest BCUT2D eigenvalue weighted by Gasteiger charge is 2.42. The molecule has 0 saturated heterocycles. The molecule has 0 spiro atoms. The number of ether oxygens (including phenoxy) is 3. The van der Waals surface area contributed by atoms with Crippen molar-refractivity contribution >= 4 is 11.9 Å². The van der Waals surface area contributed by atoms with Crippen molar-refractivity contribution in [2.45, 2.75) is 82.9 Å². The van der Waals surface area contributed by atoms with E-state index in [2.05, 4.69) is 13.0 Å². The monoisotopic (exact) mass is 532 g/mol. The quantitative estimate of drug-likeness (QED) is 0.282. The molecule has 8 atom stereocenters. The fourth-order valence-corrected chi connectivity index (χ4v) is 5.48. The molecule has 0 bridgehead atoms. The molecule has 210 valence electrons. The summed E-state index contributed by atoms with van der Waals surface area (Å²) in [5, 5.41) is 39.7. The summed E-state index contributed by atoms with van der Waals surface area (Å²) in [5.74, 6) is -0.730. The minimum Gasteiger partial charge on any atom is -0.493 e. The highest BCUT2D eigenvalue weighted by atomic mass is 16.6. The highest BCUT2D eigenvalue weighted by Crippen LogP contribution is 2.44. The second-order valence-corrected chi connectivity index (χ2v) is 10.2. The molecule has 1 aromatic rings. The van der Waals surface area contributed by atoms with Gasteiger partial charge in [-0.3, -0.25) is 4.79 Å². The SMILES string of the molecule is CCC(Oc1ccccc1OC)C(=O)O[C@H]1C[C@H](O)C=C2C=C[C@H](C)[C@H](CC[C@@H](O)C[C@@H](O)CC(=O)O)[C@H]21. The second-order valence-electron chi connectivity index (χ2n) is 10.2. The van der Waals surface area contributed by atoms with Crippen LogP contribution in [0.15, 0.2) is 48.1 Å². The van der Waals surface area contributed by atoms with Crippen molar-refractivity contribution < 1.29 is 44.2 Å². The number of hydrogen-bond acceptors (Lipinski definition) is 8. The van der Waals surface area contributed by atoms with Gasteiger partial charge in [0.05, 0.1) is 31.8 Å². The molecule has 9 nitrogen and oxygen atoms in total. The van der Waals surface area contributed by atoms with E-state index in [-0.39, 0.29) is 30.6 Å². The number of carbonyl (C=O) groups excluding carboxylic acids is 1. The number of carboxylic acids is 1. The van der Waals surface area contributed by atoms with Gasteiger partial charge in [0.15, 0.2) is 17.6 Å². The normalized spacial score (nSPS) is 26.9. The lowest BCUT2D eigenvalue weighted by molar-refractivity contribution is -0.163. The number of rotatable bonds is 13. The van der Waals surface area contributed by atoms with Crippen LogP contribution in [-0.2, 0) is 14.3 Å². The van der Waals surface area contributed by atoms with Crippen LogP contribution in [0, 0.1) is 17.8 Å². The van der Waals surface area contributed by atoms with Gasteiger partial charge < -0.3 is 34.6 Å². The minimum absolute atomic E-state index is 0.0121. The molecule has 2 aliphatic rings. The summed E-state index contributed by atoms with van der Waals surface area (Å²) in [4.78, 5) is 24.1. The number of aliphatic carboxylic acids is 1. The van der Waals surface area contributed by atoms with Gasteiger partial charge in [0.2, 0.25) is 0 Å². The summed E-state index contributed by atoms with van der Waals surface area (Å²) in [7, 11) is 1.53. The highest BCUT2D eigenvalue weighted by molar-refractivity contribution is 5.75. The van der Waals surface area contributed by atoms with E-state index in [9.17, 15) is 24.9 Å². The first-order valence-electron chi connectivity index (χ1n) is 13.3. The molecule has 38 heavy (non-hydrogen) atoms. The Kier molecular flexibility index (Phi) is 10.8. The van der Waals surface area contributed by atoms with Gasteiger partial charge in [0.1, 0.15) is 6.10 Å². The molecule has 0 amide bonds. The Hall–Kier alpha value is -2.88. The largest absolute Gasteiger partial charge is 0.493 e. The number of para-hydroxylation sites is 2. The zero-order valence-corrected chi connectivity index (χ0v) is 22.2. The van der Waals surface area contributed by atoms with Gasteiger partial charge in [0, 0.05) is 12.3 Å². The van der Waals surface area contributed by atoms with Gasteiger partial charge in [0.25, 0.3) is 0 Å². The van der Waals surface area contributed by atoms with Crippen LogP contribution in [-0.4, -0.2) is 70.0 Å². The predicted octanol–water partition coefficient (Wildman–Crippen LogP) is 3.26. The summed E-state index contributed by atoms with van der Waals surface area (Å²) < 4.78 is 17.3. The lowest BCUT2D eigenvalue weighted by atomic mass is 9.66. The first-order valence-corrected chi connectivity index (χ1v) is 13.3. The number of methoxy groups -OCH3 is 1. The molecule has 0 heterocycles. The van der Waals surface area contributed by atoms with Gasteiger partial charge in [-0.25, -0.2) is 4.79 Å². The molecule has 0 fully saturated rings. The number of carboxylic acid groups (broad SMARTS) is 1. The van der Waals surface area contributed by atoms with Gasteiger partial charge in [-0.05, 0) is 55.2 Å². The maximum atomic E-state index is 13.3. The third kappa shape index (κ3) is 7.82. The number of aliphatic hydroxyl groups is 3. The Bertz CT molecular complexity index is 1000. The van der Waals surface area contributed by atoms with Crippen LogP contribution in [0.3, 0.4) is 0 Å². The molecular weight excluding hydrogens is 492 g/mol. The minimum atomic E-state index is -1.12. The summed E-state index contributed by atoms with van der Waals surface area (Å²) >= 11 is 0. The zero-order valence-electron chi connectivity index (χ0n) is 22.2. The second kappa shape index (κ2) is 13.8. The van der Waals surface area contributed by atoms with Gasteiger partial charge >= 0.3 is 11.9 Å². The number of benzene rings is 1.